The topological polar surface area (TPSA) is 44.1 Å². The van der Waals surface area contributed by atoms with Crippen LogP contribution in [0, 0.1) is 39.9 Å². The lowest BCUT2D eigenvalue weighted by Crippen LogP contribution is -2.57. The Kier molecular flexibility index (Phi) is 3.10. The van der Waals surface area contributed by atoms with Gasteiger partial charge in [-0.2, -0.15) is 0 Å². The Hall–Kier alpha value is -0.370. The van der Waals surface area contributed by atoms with Crippen molar-refractivity contribution in [1.29, 1.82) is 5.41 Å². The van der Waals surface area contributed by atoms with Crippen LogP contribution in [-0.2, 0) is 0 Å². The van der Waals surface area contributed by atoms with Crippen LogP contribution in [0.3, 0.4) is 0 Å². The number of nitrogens with one attached hydrogen (secondary N) is 1. The zero-order chi connectivity index (χ0) is 14.8. The minimum absolute atomic E-state index is 0.0753. The van der Waals surface area contributed by atoms with Gasteiger partial charge in [0.15, 0.2) is 0 Å². The molecular weight excluding hydrogens is 258 g/mol. The Balaban J connectivity index is 1.69. The maximum absolute atomic E-state index is 10.8. The van der Waals surface area contributed by atoms with Gasteiger partial charge in [0.25, 0.3) is 0 Å². The van der Waals surface area contributed by atoms with Crippen LogP contribution in [0.15, 0.2) is 0 Å². The zero-order valence-corrected chi connectivity index (χ0v) is 13.7. The van der Waals surface area contributed by atoms with Crippen molar-refractivity contribution < 1.29 is 5.11 Å². The molecule has 2 N–H and O–H groups in total. The summed E-state index contributed by atoms with van der Waals surface area (Å²) in [5, 5.41) is 19.2. The second-order valence-electron chi connectivity index (χ2n) is 9.01. The van der Waals surface area contributed by atoms with E-state index in [1.807, 2.05) is 0 Å². The SMILES string of the molecule is C[C@]12CCCCC1C(O)C[C@@H]1C2CC[C@]2(C)C(=N)CC[C@@H]12. The largest absolute Gasteiger partial charge is 0.393 e. The van der Waals surface area contributed by atoms with E-state index in [4.69, 9.17) is 5.41 Å². The monoisotopic (exact) mass is 289 g/mol. The number of fused-ring (bicyclic) bond motifs is 5. The summed E-state index contributed by atoms with van der Waals surface area (Å²) in [6.07, 6.45) is 11.0. The van der Waals surface area contributed by atoms with Crippen LogP contribution in [0.2, 0.25) is 0 Å². The smallest absolute Gasteiger partial charge is 0.0576 e. The summed E-state index contributed by atoms with van der Waals surface area (Å²) in [5.74, 6) is 2.73. The van der Waals surface area contributed by atoms with Crippen molar-refractivity contribution in [2.75, 3.05) is 0 Å². The minimum atomic E-state index is -0.0753. The van der Waals surface area contributed by atoms with Crippen LogP contribution in [0.5, 0.6) is 0 Å². The summed E-state index contributed by atoms with van der Waals surface area (Å²) in [4.78, 5) is 0. The first-order valence-electron chi connectivity index (χ1n) is 9.23. The number of aliphatic hydroxyl groups is 1. The predicted octanol–water partition coefficient (Wildman–Crippen LogP) is 4.41. The van der Waals surface area contributed by atoms with Gasteiger partial charge >= 0.3 is 0 Å². The Morgan fingerprint density at radius 2 is 1.81 bits per heavy atom. The summed E-state index contributed by atoms with van der Waals surface area (Å²) in [6.45, 7) is 4.85. The van der Waals surface area contributed by atoms with Crippen LogP contribution in [0.25, 0.3) is 0 Å². The Labute approximate surface area is 129 Å². The van der Waals surface area contributed by atoms with Crippen molar-refractivity contribution in [3.63, 3.8) is 0 Å². The molecule has 7 atom stereocenters. The third-order valence-corrected chi connectivity index (χ3v) is 8.37. The van der Waals surface area contributed by atoms with E-state index >= 15 is 0 Å². The minimum Gasteiger partial charge on any atom is -0.393 e. The molecule has 0 radical (unpaired) electrons. The highest BCUT2D eigenvalue weighted by Gasteiger charge is 2.60. The normalized spacial score (nSPS) is 56.5. The molecule has 21 heavy (non-hydrogen) atoms. The van der Waals surface area contributed by atoms with Gasteiger partial charge in [-0.15, -0.1) is 0 Å². The number of rotatable bonds is 0. The average molecular weight is 289 g/mol. The van der Waals surface area contributed by atoms with Crippen molar-refractivity contribution in [2.24, 2.45) is 34.5 Å². The maximum atomic E-state index is 10.8. The van der Waals surface area contributed by atoms with Gasteiger partial charge in [0.05, 0.1) is 6.10 Å². The van der Waals surface area contributed by atoms with Gasteiger partial charge in [0.2, 0.25) is 0 Å². The summed E-state index contributed by atoms with van der Waals surface area (Å²) in [5.41, 5.74) is 1.56. The number of hydrogen-bond acceptors (Lipinski definition) is 2. The number of aliphatic hydroxyl groups excluding tert-OH is 1. The summed E-state index contributed by atoms with van der Waals surface area (Å²) >= 11 is 0. The Morgan fingerprint density at radius 3 is 2.62 bits per heavy atom. The van der Waals surface area contributed by atoms with Crippen LogP contribution in [0.1, 0.15) is 71.6 Å². The molecule has 2 nitrogen and oxygen atoms in total. The molecule has 0 spiro atoms. The second kappa shape index (κ2) is 4.57. The lowest BCUT2D eigenvalue weighted by atomic mass is 9.44. The highest BCUT2D eigenvalue weighted by Crippen LogP contribution is 2.65. The highest BCUT2D eigenvalue weighted by molar-refractivity contribution is 5.89. The van der Waals surface area contributed by atoms with E-state index in [0.29, 0.717) is 23.2 Å². The molecule has 0 aliphatic heterocycles. The molecule has 0 saturated heterocycles. The van der Waals surface area contributed by atoms with Gasteiger partial charge in [0.1, 0.15) is 0 Å². The van der Waals surface area contributed by atoms with Crippen LogP contribution >= 0.6 is 0 Å². The number of hydrogen-bond donors (Lipinski definition) is 2. The second-order valence-corrected chi connectivity index (χ2v) is 9.01. The molecule has 3 unspecified atom stereocenters. The fourth-order valence-corrected chi connectivity index (χ4v) is 7.17. The Morgan fingerprint density at radius 1 is 1.00 bits per heavy atom. The fraction of sp³-hybridized carbons (Fsp3) is 0.947. The zero-order valence-electron chi connectivity index (χ0n) is 13.7. The predicted molar refractivity (Wildman–Crippen MR) is 85.5 cm³/mol. The summed E-state index contributed by atoms with van der Waals surface area (Å²) < 4.78 is 0. The summed E-state index contributed by atoms with van der Waals surface area (Å²) in [6, 6.07) is 0. The fourth-order valence-electron chi connectivity index (χ4n) is 7.17. The van der Waals surface area contributed by atoms with Crippen LogP contribution in [-0.4, -0.2) is 16.9 Å². The van der Waals surface area contributed by atoms with Gasteiger partial charge < -0.3 is 10.5 Å². The van der Waals surface area contributed by atoms with E-state index in [0.717, 1.165) is 24.5 Å². The lowest BCUT2D eigenvalue weighted by molar-refractivity contribution is -0.147. The molecule has 4 rings (SSSR count). The van der Waals surface area contributed by atoms with Crippen molar-refractivity contribution in [3.8, 4) is 0 Å². The van der Waals surface area contributed by atoms with Crippen molar-refractivity contribution in [3.05, 3.63) is 0 Å². The van der Waals surface area contributed by atoms with Gasteiger partial charge in [-0.05, 0) is 74.0 Å². The lowest BCUT2D eigenvalue weighted by Gasteiger charge is -2.61. The maximum Gasteiger partial charge on any atom is 0.0576 e. The standard InChI is InChI=1S/C19H31NO/c1-18-9-4-3-5-15(18)16(21)11-12-13-6-7-17(20)19(13,2)10-8-14(12)18/h12-16,20-21H,3-11H2,1-2H3/t12-,13-,14?,15?,16?,18+,19-/m0/s1. The molecule has 0 bridgehead atoms. The molecule has 0 aromatic rings. The van der Waals surface area contributed by atoms with E-state index in [-0.39, 0.29) is 11.5 Å². The third-order valence-electron chi connectivity index (χ3n) is 8.37. The van der Waals surface area contributed by atoms with Gasteiger partial charge in [0, 0.05) is 11.1 Å². The first-order chi connectivity index (χ1) is 9.97. The van der Waals surface area contributed by atoms with E-state index in [9.17, 15) is 5.11 Å². The first-order valence-corrected chi connectivity index (χ1v) is 9.23. The van der Waals surface area contributed by atoms with Crippen LogP contribution < -0.4 is 0 Å². The molecule has 118 valence electrons. The molecule has 0 heterocycles. The van der Waals surface area contributed by atoms with Gasteiger partial charge in [-0.25, -0.2) is 0 Å². The van der Waals surface area contributed by atoms with Crippen molar-refractivity contribution in [2.45, 2.75) is 77.7 Å². The summed E-state index contributed by atoms with van der Waals surface area (Å²) in [7, 11) is 0. The average Bonchev–Trinajstić information content (AvgIpc) is 2.75. The van der Waals surface area contributed by atoms with Gasteiger partial charge in [-0.3, -0.25) is 0 Å². The third kappa shape index (κ3) is 1.77. The van der Waals surface area contributed by atoms with E-state index in [2.05, 4.69) is 13.8 Å². The molecular formula is C19H31NO. The molecule has 4 aliphatic rings. The molecule has 4 saturated carbocycles. The molecule has 4 fully saturated rings. The van der Waals surface area contributed by atoms with Crippen molar-refractivity contribution >= 4 is 5.71 Å². The van der Waals surface area contributed by atoms with Crippen LogP contribution in [0.4, 0.5) is 0 Å². The molecule has 2 heteroatoms. The molecule has 4 aliphatic carbocycles. The molecule has 0 aromatic heterocycles. The highest BCUT2D eigenvalue weighted by atomic mass is 16.3. The Bertz CT molecular complexity index is 460. The molecule has 0 aromatic carbocycles. The van der Waals surface area contributed by atoms with E-state index in [1.54, 1.807) is 0 Å². The molecule has 0 amide bonds. The quantitative estimate of drug-likeness (QED) is 0.681. The van der Waals surface area contributed by atoms with E-state index in [1.165, 1.54) is 44.9 Å². The first kappa shape index (κ1) is 14.2. The van der Waals surface area contributed by atoms with Crippen molar-refractivity contribution in [1.82, 2.24) is 0 Å². The van der Waals surface area contributed by atoms with Gasteiger partial charge in [-0.1, -0.05) is 26.7 Å². The van der Waals surface area contributed by atoms with E-state index < -0.39 is 0 Å².